The van der Waals surface area contributed by atoms with Gasteiger partial charge in [-0.3, -0.25) is 0 Å². The highest BCUT2D eigenvalue weighted by Gasteiger charge is 2.07. The molecule has 0 spiro atoms. The van der Waals surface area contributed by atoms with Crippen molar-refractivity contribution in [3.63, 3.8) is 0 Å². The summed E-state index contributed by atoms with van der Waals surface area (Å²) in [4.78, 5) is 0. The molecule has 0 saturated heterocycles. The molecule has 1 aromatic carbocycles. The molecule has 0 aliphatic rings. The molecule has 0 unspecified atom stereocenters. The van der Waals surface area contributed by atoms with Gasteiger partial charge in [0.05, 0.1) is 15.6 Å². The monoisotopic (exact) mass is 318 g/mol. The summed E-state index contributed by atoms with van der Waals surface area (Å²) in [5, 5.41) is 8.94. The van der Waals surface area contributed by atoms with E-state index in [1.165, 1.54) is 0 Å². The van der Waals surface area contributed by atoms with Crippen molar-refractivity contribution in [3.05, 3.63) is 26.6 Å². The van der Waals surface area contributed by atoms with Gasteiger partial charge in [-0.2, -0.15) is 0 Å². The van der Waals surface area contributed by atoms with Crippen LogP contribution in [0, 0.1) is 12.3 Å². The highest BCUT2D eigenvalue weighted by Crippen LogP contribution is 2.34. The van der Waals surface area contributed by atoms with Crippen molar-refractivity contribution in [2.75, 3.05) is 6.61 Å². The molecule has 0 saturated carbocycles. The second kappa shape index (κ2) is 5.40. The minimum atomic E-state index is -0.00732. The molecule has 0 radical (unpaired) electrons. The normalized spacial score (nSPS) is 9.57. The first-order chi connectivity index (χ1) is 6.69. The maximum absolute atomic E-state index is 8.94. The fourth-order valence-electron chi connectivity index (χ4n) is 0.955. The molecule has 0 amide bonds. The standard InChI is InChI=1S/C10H8Br2O2/c1-2-3-14-10-8(11)4-7(6-13)5-9(10)12/h1,4-5,13H,3,6H2. The summed E-state index contributed by atoms with van der Waals surface area (Å²) in [6.07, 6.45) is 5.09. The predicted octanol–water partition coefficient (Wildman–Crippen LogP) is 2.72. The average molecular weight is 320 g/mol. The van der Waals surface area contributed by atoms with Crippen molar-refractivity contribution in [1.29, 1.82) is 0 Å². The van der Waals surface area contributed by atoms with Crippen LogP contribution in [0.3, 0.4) is 0 Å². The molecule has 0 heterocycles. The number of hydrogen-bond acceptors (Lipinski definition) is 2. The van der Waals surface area contributed by atoms with Crippen LogP contribution < -0.4 is 4.74 Å². The molecule has 1 aromatic rings. The van der Waals surface area contributed by atoms with Crippen LogP contribution in [-0.4, -0.2) is 11.7 Å². The third kappa shape index (κ3) is 2.74. The molecular weight excluding hydrogens is 312 g/mol. The van der Waals surface area contributed by atoms with Crippen LogP contribution in [0.25, 0.3) is 0 Å². The van der Waals surface area contributed by atoms with Gasteiger partial charge in [0.1, 0.15) is 12.4 Å². The van der Waals surface area contributed by atoms with Gasteiger partial charge in [-0.15, -0.1) is 6.42 Å². The molecule has 1 N–H and O–H groups in total. The minimum absolute atomic E-state index is 0.00732. The number of terminal acetylenes is 1. The average Bonchev–Trinajstić information content (AvgIpc) is 2.16. The van der Waals surface area contributed by atoms with E-state index in [2.05, 4.69) is 37.8 Å². The number of ether oxygens (including phenoxy) is 1. The summed E-state index contributed by atoms with van der Waals surface area (Å²) in [5.74, 6) is 3.04. The molecule has 2 nitrogen and oxygen atoms in total. The van der Waals surface area contributed by atoms with Crippen LogP contribution in [0.1, 0.15) is 5.56 Å². The maximum Gasteiger partial charge on any atom is 0.149 e. The van der Waals surface area contributed by atoms with E-state index < -0.39 is 0 Å². The summed E-state index contributed by atoms with van der Waals surface area (Å²) in [6, 6.07) is 3.58. The molecule has 1 rings (SSSR count). The van der Waals surface area contributed by atoms with E-state index in [9.17, 15) is 0 Å². The lowest BCUT2D eigenvalue weighted by molar-refractivity contribution is 0.281. The summed E-state index contributed by atoms with van der Waals surface area (Å²) in [7, 11) is 0. The third-order valence-corrected chi connectivity index (χ3v) is 2.72. The van der Waals surface area contributed by atoms with E-state index in [4.69, 9.17) is 16.3 Å². The van der Waals surface area contributed by atoms with Gasteiger partial charge in [0.25, 0.3) is 0 Å². The summed E-state index contributed by atoms with van der Waals surface area (Å²) >= 11 is 6.67. The van der Waals surface area contributed by atoms with Gasteiger partial charge >= 0.3 is 0 Å². The van der Waals surface area contributed by atoms with E-state index in [0.717, 1.165) is 14.5 Å². The Morgan fingerprint density at radius 1 is 1.36 bits per heavy atom. The zero-order chi connectivity index (χ0) is 10.6. The number of hydrogen-bond donors (Lipinski definition) is 1. The molecule has 0 aromatic heterocycles. The van der Waals surface area contributed by atoms with Gasteiger partial charge in [-0.05, 0) is 49.6 Å². The lowest BCUT2D eigenvalue weighted by atomic mass is 10.2. The van der Waals surface area contributed by atoms with Crippen molar-refractivity contribution in [1.82, 2.24) is 0 Å². The van der Waals surface area contributed by atoms with Gasteiger partial charge < -0.3 is 9.84 Å². The highest BCUT2D eigenvalue weighted by atomic mass is 79.9. The topological polar surface area (TPSA) is 29.5 Å². The van der Waals surface area contributed by atoms with Gasteiger partial charge in [-0.25, -0.2) is 0 Å². The molecule has 14 heavy (non-hydrogen) atoms. The molecular formula is C10H8Br2O2. The Morgan fingerprint density at radius 2 is 1.93 bits per heavy atom. The second-order valence-electron chi connectivity index (χ2n) is 2.54. The number of aliphatic hydroxyl groups excluding tert-OH is 1. The third-order valence-electron chi connectivity index (χ3n) is 1.54. The zero-order valence-corrected chi connectivity index (χ0v) is 10.4. The lowest BCUT2D eigenvalue weighted by Gasteiger charge is -2.09. The Balaban J connectivity index is 3.00. The first-order valence-corrected chi connectivity index (χ1v) is 5.42. The molecule has 0 atom stereocenters. The maximum atomic E-state index is 8.94. The Hall–Kier alpha value is -0.500. The predicted molar refractivity (Wildman–Crippen MR) is 62.1 cm³/mol. The number of aliphatic hydroxyl groups is 1. The van der Waals surface area contributed by atoms with E-state index >= 15 is 0 Å². The molecule has 0 bridgehead atoms. The van der Waals surface area contributed by atoms with Gasteiger partial charge in [0, 0.05) is 0 Å². The number of halogens is 2. The van der Waals surface area contributed by atoms with Crippen molar-refractivity contribution < 1.29 is 9.84 Å². The minimum Gasteiger partial charge on any atom is -0.479 e. The van der Waals surface area contributed by atoms with Gasteiger partial charge in [-0.1, -0.05) is 5.92 Å². The molecule has 0 aliphatic heterocycles. The van der Waals surface area contributed by atoms with Gasteiger partial charge in [0.15, 0.2) is 0 Å². The van der Waals surface area contributed by atoms with E-state index in [-0.39, 0.29) is 13.2 Å². The Morgan fingerprint density at radius 3 is 2.36 bits per heavy atom. The zero-order valence-electron chi connectivity index (χ0n) is 7.26. The fraction of sp³-hybridized carbons (Fsp3) is 0.200. The van der Waals surface area contributed by atoms with E-state index in [1.54, 1.807) is 12.1 Å². The van der Waals surface area contributed by atoms with E-state index in [0.29, 0.717) is 5.75 Å². The van der Waals surface area contributed by atoms with Crippen molar-refractivity contribution in [2.45, 2.75) is 6.61 Å². The number of benzene rings is 1. The van der Waals surface area contributed by atoms with Crippen LogP contribution in [0.2, 0.25) is 0 Å². The van der Waals surface area contributed by atoms with Crippen LogP contribution in [0.5, 0.6) is 5.75 Å². The Kier molecular flexibility index (Phi) is 4.46. The van der Waals surface area contributed by atoms with Gasteiger partial charge in [0.2, 0.25) is 0 Å². The first-order valence-electron chi connectivity index (χ1n) is 3.84. The molecule has 74 valence electrons. The summed E-state index contributed by atoms with van der Waals surface area (Å²) in [5.41, 5.74) is 0.803. The second-order valence-corrected chi connectivity index (χ2v) is 4.25. The van der Waals surface area contributed by atoms with Crippen molar-refractivity contribution >= 4 is 31.9 Å². The van der Waals surface area contributed by atoms with Crippen molar-refractivity contribution in [2.24, 2.45) is 0 Å². The van der Waals surface area contributed by atoms with Crippen LogP contribution in [0.15, 0.2) is 21.1 Å². The smallest absolute Gasteiger partial charge is 0.149 e. The quantitative estimate of drug-likeness (QED) is 0.868. The molecule has 4 heteroatoms. The van der Waals surface area contributed by atoms with E-state index in [1.807, 2.05) is 0 Å². The highest BCUT2D eigenvalue weighted by molar-refractivity contribution is 9.11. The fourth-order valence-corrected chi connectivity index (χ4v) is 2.47. The van der Waals surface area contributed by atoms with Crippen LogP contribution >= 0.6 is 31.9 Å². The SMILES string of the molecule is C#CCOc1c(Br)cc(CO)cc1Br. The van der Waals surface area contributed by atoms with Crippen LogP contribution in [-0.2, 0) is 6.61 Å². The summed E-state index contributed by atoms with van der Waals surface area (Å²) in [6.45, 7) is 0.211. The van der Waals surface area contributed by atoms with Crippen molar-refractivity contribution in [3.8, 4) is 18.1 Å². The summed E-state index contributed by atoms with van der Waals surface area (Å²) < 4.78 is 6.84. The molecule has 0 aliphatic carbocycles. The number of rotatable bonds is 3. The lowest BCUT2D eigenvalue weighted by Crippen LogP contribution is -1.96. The first kappa shape index (κ1) is 11.6. The largest absolute Gasteiger partial charge is 0.479 e. The Bertz CT molecular complexity index is 346. The van der Waals surface area contributed by atoms with Crippen LogP contribution in [0.4, 0.5) is 0 Å². The Labute approximate surface area is 99.5 Å². The molecule has 0 fully saturated rings.